The van der Waals surface area contributed by atoms with Gasteiger partial charge in [0, 0.05) is 38.6 Å². The zero-order valence-corrected chi connectivity index (χ0v) is 15.3. The summed E-state index contributed by atoms with van der Waals surface area (Å²) in [6.07, 6.45) is 7.38. The first kappa shape index (κ1) is 17.0. The number of urea groups is 1. The normalized spacial score (nSPS) is 18.7. The summed E-state index contributed by atoms with van der Waals surface area (Å²) in [6.45, 7) is 6.95. The van der Waals surface area contributed by atoms with E-state index in [9.17, 15) is 4.79 Å². The molecule has 4 heterocycles. The van der Waals surface area contributed by atoms with Crippen LogP contribution in [-0.4, -0.2) is 71.5 Å². The van der Waals surface area contributed by atoms with Crippen LogP contribution in [0.5, 0.6) is 0 Å². The zero-order chi connectivity index (χ0) is 17.9. The van der Waals surface area contributed by atoms with Gasteiger partial charge in [0.1, 0.15) is 25.0 Å². The molecule has 0 spiro atoms. The maximum atomic E-state index is 12.6. The number of piperidine rings is 1. The van der Waals surface area contributed by atoms with Gasteiger partial charge in [-0.3, -0.25) is 0 Å². The Kier molecular flexibility index (Phi) is 4.85. The van der Waals surface area contributed by atoms with Gasteiger partial charge in [-0.05, 0) is 32.6 Å². The second-order valence-corrected chi connectivity index (χ2v) is 7.05. The maximum Gasteiger partial charge on any atom is 0.319 e. The maximum absolute atomic E-state index is 12.6. The van der Waals surface area contributed by atoms with Crippen LogP contribution in [0.1, 0.15) is 50.2 Å². The lowest BCUT2D eigenvalue weighted by molar-refractivity contribution is 0.147. The molecule has 0 saturated carbocycles. The van der Waals surface area contributed by atoms with Gasteiger partial charge >= 0.3 is 6.03 Å². The van der Waals surface area contributed by atoms with Gasteiger partial charge in [0.25, 0.3) is 0 Å². The van der Waals surface area contributed by atoms with Crippen LogP contribution in [0, 0.1) is 0 Å². The molecule has 0 radical (unpaired) electrons. The predicted octanol–water partition coefficient (Wildman–Crippen LogP) is 1.33. The van der Waals surface area contributed by atoms with Gasteiger partial charge in [0.2, 0.25) is 0 Å². The number of hydrogen-bond donors (Lipinski definition) is 0. The molecule has 26 heavy (non-hydrogen) atoms. The molecule has 0 aliphatic carbocycles. The van der Waals surface area contributed by atoms with E-state index in [4.69, 9.17) is 0 Å². The van der Waals surface area contributed by atoms with Crippen LogP contribution < -0.4 is 0 Å². The van der Waals surface area contributed by atoms with Crippen molar-refractivity contribution in [1.29, 1.82) is 0 Å². The molecule has 9 nitrogen and oxygen atoms in total. The minimum atomic E-state index is 0.213. The van der Waals surface area contributed by atoms with Crippen molar-refractivity contribution in [2.45, 2.75) is 51.6 Å². The molecule has 4 rings (SSSR count). The summed E-state index contributed by atoms with van der Waals surface area (Å²) >= 11 is 0. The zero-order valence-electron chi connectivity index (χ0n) is 15.3. The molecule has 2 saturated heterocycles. The smallest absolute Gasteiger partial charge is 0.319 e. The first-order valence-electron chi connectivity index (χ1n) is 9.54. The molecule has 0 atom stereocenters. The Bertz CT molecular complexity index is 726. The second kappa shape index (κ2) is 7.43. The van der Waals surface area contributed by atoms with Crippen molar-refractivity contribution in [3.8, 4) is 0 Å². The first-order valence-corrected chi connectivity index (χ1v) is 9.54. The summed E-state index contributed by atoms with van der Waals surface area (Å²) in [6, 6.07) is 0.213. The van der Waals surface area contributed by atoms with Gasteiger partial charge in [-0.2, -0.15) is 5.10 Å². The lowest BCUT2D eigenvalue weighted by atomic mass is 9.96. The summed E-state index contributed by atoms with van der Waals surface area (Å²) in [7, 11) is 0. The standard InChI is InChI=1S/C17H26N8O/c1-2-25-15(11-24-13-18-12-19-24)20-21-16(25)14-5-9-23(10-6-14)17(26)22-7-3-4-8-22/h12-14H,2-11H2,1H3. The van der Waals surface area contributed by atoms with E-state index in [0.29, 0.717) is 12.5 Å². The number of carbonyl (C=O) groups is 1. The van der Waals surface area contributed by atoms with Crippen molar-refractivity contribution < 1.29 is 4.79 Å². The second-order valence-electron chi connectivity index (χ2n) is 7.05. The van der Waals surface area contributed by atoms with Gasteiger partial charge in [0.05, 0.1) is 0 Å². The van der Waals surface area contributed by atoms with E-state index in [1.54, 1.807) is 11.0 Å². The Labute approximate surface area is 153 Å². The molecule has 2 aromatic rings. The van der Waals surface area contributed by atoms with E-state index in [1.807, 2.05) is 9.80 Å². The average Bonchev–Trinajstić information content (AvgIpc) is 3.43. The molecule has 9 heteroatoms. The van der Waals surface area contributed by atoms with Gasteiger partial charge in [-0.25, -0.2) is 14.5 Å². The summed E-state index contributed by atoms with van der Waals surface area (Å²) in [4.78, 5) is 20.5. The fraction of sp³-hybridized carbons (Fsp3) is 0.706. The summed E-state index contributed by atoms with van der Waals surface area (Å²) in [5.74, 6) is 2.30. The fourth-order valence-electron chi connectivity index (χ4n) is 4.01. The molecular formula is C17H26N8O. The van der Waals surface area contributed by atoms with Crippen LogP contribution in [0.3, 0.4) is 0 Å². The van der Waals surface area contributed by atoms with E-state index >= 15 is 0 Å². The molecule has 0 bridgehead atoms. The van der Waals surface area contributed by atoms with Crippen LogP contribution in [0.25, 0.3) is 0 Å². The van der Waals surface area contributed by atoms with Crippen LogP contribution in [0.4, 0.5) is 4.79 Å². The van der Waals surface area contributed by atoms with Gasteiger partial charge in [-0.1, -0.05) is 0 Å². The third kappa shape index (κ3) is 3.30. The number of likely N-dealkylation sites (tertiary alicyclic amines) is 2. The quantitative estimate of drug-likeness (QED) is 0.823. The summed E-state index contributed by atoms with van der Waals surface area (Å²) < 4.78 is 3.95. The van der Waals surface area contributed by atoms with Crippen molar-refractivity contribution in [1.82, 2.24) is 39.3 Å². The largest absolute Gasteiger partial charge is 0.325 e. The van der Waals surface area contributed by atoms with Gasteiger partial charge in [-0.15, -0.1) is 10.2 Å². The van der Waals surface area contributed by atoms with E-state index < -0.39 is 0 Å². The minimum absolute atomic E-state index is 0.213. The van der Waals surface area contributed by atoms with Crippen molar-refractivity contribution in [2.24, 2.45) is 0 Å². The highest BCUT2D eigenvalue weighted by Gasteiger charge is 2.30. The molecule has 2 amide bonds. The third-order valence-electron chi connectivity index (χ3n) is 5.45. The van der Waals surface area contributed by atoms with Crippen LogP contribution in [-0.2, 0) is 13.1 Å². The van der Waals surface area contributed by atoms with E-state index in [1.165, 1.54) is 6.33 Å². The topological polar surface area (TPSA) is 85.0 Å². The average molecular weight is 358 g/mol. The van der Waals surface area contributed by atoms with Crippen LogP contribution in [0.15, 0.2) is 12.7 Å². The first-order chi connectivity index (χ1) is 12.8. The monoisotopic (exact) mass is 358 g/mol. The Hall–Kier alpha value is -2.45. The van der Waals surface area contributed by atoms with Crippen LogP contribution in [0.2, 0.25) is 0 Å². The lowest BCUT2D eigenvalue weighted by Crippen LogP contribution is -2.45. The van der Waals surface area contributed by atoms with E-state index in [0.717, 1.165) is 70.1 Å². The summed E-state index contributed by atoms with van der Waals surface area (Å²) in [5, 5.41) is 13.0. The molecular weight excluding hydrogens is 332 g/mol. The molecule has 0 aromatic carbocycles. The lowest BCUT2D eigenvalue weighted by Gasteiger charge is -2.34. The minimum Gasteiger partial charge on any atom is -0.325 e. The number of hydrogen-bond acceptors (Lipinski definition) is 5. The molecule has 2 aliphatic rings. The Morgan fingerprint density at radius 2 is 1.85 bits per heavy atom. The molecule has 2 aromatic heterocycles. The number of aromatic nitrogens is 6. The Balaban J connectivity index is 1.41. The number of rotatable bonds is 4. The highest BCUT2D eigenvalue weighted by molar-refractivity contribution is 5.74. The van der Waals surface area contributed by atoms with Crippen molar-refractivity contribution in [2.75, 3.05) is 26.2 Å². The number of amides is 2. The van der Waals surface area contributed by atoms with Crippen LogP contribution >= 0.6 is 0 Å². The molecule has 140 valence electrons. The number of carbonyl (C=O) groups excluding carboxylic acids is 1. The fourth-order valence-corrected chi connectivity index (χ4v) is 4.01. The molecule has 0 unspecified atom stereocenters. The third-order valence-corrected chi connectivity index (χ3v) is 5.45. The highest BCUT2D eigenvalue weighted by Crippen LogP contribution is 2.28. The number of nitrogens with zero attached hydrogens (tertiary/aromatic N) is 8. The Morgan fingerprint density at radius 1 is 1.12 bits per heavy atom. The summed E-state index contributed by atoms with van der Waals surface area (Å²) in [5.41, 5.74) is 0. The SMILES string of the molecule is CCn1c(Cn2cncn2)nnc1C1CCN(C(=O)N2CCCC2)CC1. The predicted molar refractivity (Wildman–Crippen MR) is 94.6 cm³/mol. The van der Waals surface area contributed by atoms with E-state index in [2.05, 4.69) is 31.8 Å². The van der Waals surface area contributed by atoms with Crippen molar-refractivity contribution >= 4 is 6.03 Å². The van der Waals surface area contributed by atoms with Crippen molar-refractivity contribution in [3.05, 3.63) is 24.3 Å². The van der Waals surface area contributed by atoms with Gasteiger partial charge < -0.3 is 14.4 Å². The molecule has 2 aliphatic heterocycles. The van der Waals surface area contributed by atoms with Crippen molar-refractivity contribution in [3.63, 3.8) is 0 Å². The molecule has 0 N–H and O–H groups in total. The molecule has 2 fully saturated rings. The Morgan fingerprint density at radius 3 is 2.50 bits per heavy atom. The highest BCUT2D eigenvalue weighted by atomic mass is 16.2. The van der Waals surface area contributed by atoms with E-state index in [-0.39, 0.29) is 6.03 Å². The van der Waals surface area contributed by atoms with Gasteiger partial charge in [0.15, 0.2) is 5.82 Å².